The summed E-state index contributed by atoms with van der Waals surface area (Å²) in [5.41, 5.74) is 2.25. The molecule has 5 rings (SSSR count). The average Bonchev–Trinajstić information content (AvgIpc) is 3.66. The van der Waals surface area contributed by atoms with Crippen LogP contribution < -0.4 is 10.6 Å². The lowest BCUT2D eigenvalue weighted by molar-refractivity contribution is -0.131. The number of carbonyl (C=O) groups is 4. The van der Waals surface area contributed by atoms with Crippen LogP contribution in [-0.4, -0.2) is 58.9 Å². The number of Topliss-reactive ketones (excluding diaryl/α,β-unsaturated/α-hetero) is 2. The fourth-order valence-corrected chi connectivity index (χ4v) is 6.69. The highest BCUT2D eigenvalue weighted by Crippen LogP contribution is 2.43. The molecule has 36 heavy (non-hydrogen) atoms. The van der Waals surface area contributed by atoms with Gasteiger partial charge in [0.25, 0.3) is 5.91 Å². The lowest BCUT2D eigenvalue weighted by Gasteiger charge is -2.29. The molecule has 0 radical (unpaired) electrons. The van der Waals surface area contributed by atoms with E-state index in [-0.39, 0.29) is 35.2 Å². The van der Waals surface area contributed by atoms with Gasteiger partial charge in [-0.1, -0.05) is 19.4 Å². The second-order valence-corrected chi connectivity index (χ2v) is 10.6. The number of rotatable bonds is 8. The van der Waals surface area contributed by atoms with Gasteiger partial charge in [-0.05, 0) is 62.1 Å². The molecule has 0 bridgehead atoms. The first-order valence-electron chi connectivity index (χ1n) is 13.4. The Morgan fingerprint density at radius 2 is 2.00 bits per heavy atom. The van der Waals surface area contributed by atoms with Crippen molar-refractivity contribution in [2.75, 3.05) is 18.9 Å². The minimum absolute atomic E-state index is 0.0582. The van der Waals surface area contributed by atoms with Gasteiger partial charge in [0, 0.05) is 48.9 Å². The Morgan fingerprint density at radius 1 is 1.17 bits per heavy atom. The van der Waals surface area contributed by atoms with Gasteiger partial charge in [0.05, 0.1) is 6.04 Å². The summed E-state index contributed by atoms with van der Waals surface area (Å²) in [7, 11) is 1.85. The number of nitrogens with one attached hydrogen (secondary N) is 3. The fraction of sp³-hybridized carbons (Fsp3) is 0.571. The van der Waals surface area contributed by atoms with E-state index in [0.717, 1.165) is 48.7 Å². The minimum atomic E-state index is -0.682. The molecule has 2 saturated carbocycles. The maximum atomic E-state index is 13.7. The smallest absolute Gasteiger partial charge is 0.271 e. The summed E-state index contributed by atoms with van der Waals surface area (Å²) >= 11 is 0. The predicted octanol–water partition coefficient (Wildman–Crippen LogP) is 3.67. The van der Waals surface area contributed by atoms with Crippen LogP contribution in [0.15, 0.2) is 24.3 Å². The lowest BCUT2D eigenvalue weighted by atomic mass is 9.91. The van der Waals surface area contributed by atoms with Gasteiger partial charge in [-0.15, -0.1) is 0 Å². The maximum Gasteiger partial charge on any atom is 0.271 e. The number of hydrogen-bond donors (Lipinski definition) is 3. The Hall–Kier alpha value is -3.16. The SMILES string of the molecule is CCC(=O)[C@H](C[C@@H]1CCCC1=O)NC(=O)[C@@H]1[C@H]2CCC[C@H]2CN1C(=O)c1cc2c(NC)cccc2[nH]1. The van der Waals surface area contributed by atoms with Crippen molar-refractivity contribution in [2.45, 2.75) is 70.4 Å². The summed E-state index contributed by atoms with van der Waals surface area (Å²) in [5.74, 6) is -0.105. The van der Waals surface area contributed by atoms with E-state index in [1.54, 1.807) is 11.8 Å². The van der Waals surface area contributed by atoms with Gasteiger partial charge in [0.2, 0.25) is 5.91 Å². The third-order valence-electron chi connectivity index (χ3n) is 8.59. The number of fused-ring (bicyclic) bond motifs is 2. The van der Waals surface area contributed by atoms with Crippen molar-refractivity contribution < 1.29 is 19.2 Å². The van der Waals surface area contributed by atoms with Crippen LogP contribution in [-0.2, 0) is 14.4 Å². The molecule has 2 aliphatic carbocycles. The zero-order chi connectivity index (χ0) is 25.4. The summed E-state index contributed by atoms with van der Waals surface area (Å²) in [6.45, 7) is 2.33. The number of ketones is 2. The zero-order valence-corrected chi connectivity index (χ0v) is 21.1. The zero-order valence-electron chi connectivity index (χ0n) is 21.1. The normalized spacial score (nSPS) is 26.3. The van der Waals surface area contributed by atoms with E-state index in [9.17, 15) is 19.2 Å². The first kappa shape index (κ1) is 24.5. The largest absolute Gasteiger partial charge is 0.388 e. The molecular weight excluding hydrogens is 456 g/mol. The van der Waals surface area contributed by atoms with Crippen molar-refractivity contribution in [2.24, 2.45) is 17.8 Å². The molecule has 0 spiro atoms. The molecule has 3 fully saturated rings. The Kier molecular flexibility index (Phi) is 6.86. The maximum absolute atomic E-state index is 13.7. The summed E-state index contributed by atoms with van der Waals surface area (Å²) in [6.07, 6.45) is 5.79. The Labute approximate surface area is 211 Å². The second-order valence-electron chi connectivity index (χ2n) is 10.6. The molecule has 1 aromatic heterocycles. The van der Waals surface area contributed by atoms with Crippen LogP contribution in [0.5, 0.6) is 0 Å². The molecule has 8 nitrogen and oxygen atoms in total. The van der Waals surface area contributed by atoms with Gasteiger partial charge in [0.1, 0.15) is 17.5 Å². The summed E-state index contributed by atoms with van der Waals surface area (Å²) in [5, 5.41) is 7.08. The molecule has 8 heteroatoms. The van der Waals surface area contributed by atoms with Gasteiger partial charge in [-0.2, -0.15) is 0 Å². The van der Waals surface area contributed by atoms with Crippen LogP contribution in [0, 0.1) is 17.8 Å². The molecule has 1 saturated heterocycles. The Morgan fingerprint density at radius 3 is 2.72 bits per heavy atom. The molecule has 3 aliphatic rings. The molecule has 2 heterocycles. The second kappa shape index (κ2) is 10.1. The first-order valence-corrected chi connectivity index (χ1v) is 13.4. The summed E-state index contributed by atoms with van der Waals surface area (Å²) < 4.78 is 0. The van der Waals surface area contributed by atoms with Gasteiger partial charge in [-0.25, -0.2) is 0 Å². The summed E-state index contributed by atoms with van der Waals surface area (Å²) in [4.78, 5) is 57.4. The van der Waals surface area contributed by atoms with Crippen LogP contribution in [0.2, 0.25) is 0 Å². The number of H-pyrrole nitrogens is 1. The van der Waals surface area contributed by atoms with E-state index in [1.165, 1.54) is 0 Å². The van der Waals surface area contributed by atoms with Gasteiger partial charge < -0.3 is 20.5 Å². The molecule has 1 aromatic carbocycles. The quantitative estimate of drug-likeness (QED) is 0.521. The third kappa shape index (κ3) is 4.42. The molecular formula is C28H36N4O4. The van der Waals surface area contributed by atoms with Crippen LogP contribution in [0.25, 0.3) is 10.9 Å². The van der Waals surface area contributed by atoms with E-state index in [1.807, 2.05) is 31.3 Å². The molecule has 192 valence electrons. The number of carbonyl (C=O) groups excluding carboxylic acids is 4. The van der Waals surface area contributed by atoms with Gasteiger partial charge in [0.15, 0.2) is 5.78 Å². The first-order chi connectivity index (χ1) is 17.4. The van der Waals surface area contributed by atoms with Crippen LogP contribution in [0.1, 0.15) is 68.8 Å². The topological polar surface area (TPSA) is 111 Å². The van der Waals surface area contributed by atoms with Crippen LogP contribution >= 0.6 is 0 Å². The number of amides is 2. The Balaban J connectivity index is 1.39. The van der Waals surface area contributed by atoms with Crippen molar-refractivity contribution in [3.05, 3.63) is 30.0 Å². The number of aromatic amines is 1. The molecule has 3 N–H and O–H groups in total. The number of likely N-dealkylation sites (tertiary alicyclic amines) is 1. The number of anilines is 1. The summed E-state index contributed by atoms with van der Waals surface area (Å²) in [6, 6.07) is 6.38. The molecule has 2 amide bonds. The van der Waals surface area contributed by atoms with Gasteiger partial charge >= 0.3 is 0 Å². The van der Waals surface area contributed by atoms with Crippen LogP contribution in [0.3, 0.4) is 0 Å². The highest BCUT2D eigenvalue weighted by atomic mass is 16.2. The third-order valence-corrected chi connectivity index (χ3v) is 8.59. The van der Waals surface area contributed by atoms with Crippen molar-refractivity contribution in [3.63, 3.8) is 0 Å². The van der Waals surface area contributed by atoms with E-state index < -0.39 is 12.1 Å². The fourth-order valence-electron chi connectivity index (χ4n) is 6.69. The van der Waals surface area contributed by atoms with E-state index in [0.29, 0.717) is 37.4 Å². The van der Waals surface area contributed by atoms with Crippen molar-refractivity contribution in [3.8, 4) is 0 Å². The van der Waals surface area contributed by atoms with Crippen molar-refractivity contribution >= 4 is 40.0 Å². The minimum Gasteiger partial charge on any atom is -0.388 e. The van der Waals surface area contributed by atoms with Crippen molar-refractivity contribution in [1.29, 1.82) is 0 Å². The van der Waals surface area contributed by atoms with E-state index in [4.69, 9.17) is 0 Å². The standard InChI is InChI=1S/C28H36N4O4/c1-3-24(33)22(13-16-7-5-12-25(16)34)31-27(35)26-18-9-4-8-17(18)15-32(26)28(36)23-14-19-20(29-2)10-6-11-21(19)30-23/h6,10-11,14,16-18,22,26,29-30H,3-5,7-9,12-13,15H2,1-2H3,(H,31,35)/t16-,17-,18-,22-,26-/m0/s1. The highest BCUT2D eigenvalue weighted by molar-refractivity contribution is 6.03. The molecule has 1 aliphatic heterocycles. The highest BCUT2D eigenvalue weighted by Gasteiger charge is 2.50. The van der Waals surface area contributed by atoms with Crippen molar-refractivity contribution in [1.82, 2.24) is 15.2 Å². The van der Waals surface area contributed by atoms with Gasteiger partial charge in [-0.3, -0.25) is 19.2 Å². The number of hydrogen-bond acceptors (Lipinski definition) is 5. The van der Waals surface area contributed by atoms with Crippen LogP contribution in [0.4, 0.5) is 5.69 Å². The lowest BCUT2D eigenvalue weighted by Crippen LogP contribution is -2.53. The number of aromatic nitrogens is 1. The molecule has 2 aromatic rings. The van der Waals surface area contributed by atoms with E-state index >= 15 is 0 Å². The predicted molar refractivity (Wildman–Crippen MR) is 138 cm³/mol. The van der Waals surface area contributed by atoms with E-state index in [2.05, 4.69) is 15.6 Å². The molecule has 0 unspecified atom stereocenters. The Bertz CT molecular complexity index is 1190. The number of nitrogens with zero attached hydrogens (tertiary/aromatic N) is 1. The number of benzene rings is 1. The monoisotopic (exact) mass is 492 g/mol. The average molecular weight is 493 g/mol. The molecule has 5 atom stereocenters.